The normalized spacial score (nSPS) is 11.9. The van der Waals surface area contributed by atoms with Crippen molar-refractivity contribution < 1.29 is 13.2 Å². The van der Waals surface area contributed by atoms with Gasteiger partial charge in [-0.1, -0.05) is 41.9 Å². The molecule has 0 N–H and O–H groups in total. The summed E-state index contributed by atoms with van der Waals surface area (Å²) in [5, 5.41) is 4.82. The van der Waals surface area contributed by atoms with Gasteiger partial charge >= 0.3 is 6.18 Å². The van der Waals surface area contributed by atoms with Crippen LogP contribution < -0.4 is 0 Å². The van der Waals surface area contributed by atoms with Crippen molar-refractivity contribution in [3.05, 3.63) is 76.9 Å². The zero-order valence-electron chi connectivity index (χ0n) is 14.1. The van der Waals surface area contributed by atoms with Gasteiger partial charge in [-0.05, 0) is 37.3 Å². The van der Waals surface area contributed by atoms with Gasteiger partial charge in [0.2, 0.25) is 0 Å². The summed E-state index contributed by atoms with van der Waals surface area (Å²) in [6.45, 7) is 1.56. The third-order valence-corrected chi connectivity index (χ3v) is 4.51. The number of aromatic nitrogens is 3. The molecule has 2 heterocycles. The highest BCUT2D eigenvalue weighted by Crippen LogP contribution is 2.38. The Morgan fingerprint density at radius 1 is 0.963 bits per heavy atom. The van der Waals surface area contributed by atoms with Gasteiger partial charge in [0.25, 0.3) is 0 Å². The third-order valence-electron chi connectivity index (χ3n) is 4.26. The molecule has 4 rings (SSSR count). The number of fused-ring (bicyclic) bond motifs is 1. The summed E-state index contributed by atoms with van der Waals surface area (Å²) in [6, 6.07) is 16.6. The molecule has 0 aliphatic rings. The maximum Gasteiger partial charge on any atom is 0.417 e. The number of rotatable bonds is 2. The van der Waals surface area contributed by atoms with Crippen LogP contribution in [0.3, 0.4) is 0 Å². The first kappa shape index (κ1) is 17.5. The number of para-hydroxylation sites is 1. The quantitative estimate of drug-likeness (QED) is 0.418. The molecule has 0 saturated heterocycles. The number of aryl methyl sites for hydroxylation is 1. The lowest BCUT2D eigenvalue weighted by Gasteiger charge is -2.12. The summed E-state index contributed by atoms with van der Waals surface area (Å²) in [4.78, 5) is 4.50. The minimum absolute atomic E-state index is 0.00377. The van der Waals surface area contributed by atoms with E-state index in [0.717, 1.165) is 6.07 Å². The lowest BCUT2D eigenvalue weighted by atomic mass is 10.1. The van der Waals surface area contributed by atoms with Gasteiger partial charge in [-0.25, -0.2) is 9.67 Å². The molecular weight excluding hydrogens is 375 g/mol. The van der Waals surface area contributed by atoms with Crippen molar-refractivity contribution in [3.63, 3.8) is 0 Å². The Bertz CT molecular complexity index is 1120. The zero-order chi connectivity index (χ0) is 19.2. The molecule has 136 valence electrons. The molecule has 0 atom stereocenters. The molecule has 0 radical (unpaired) electrons. The summed E-state index contributed by atoms with van der Waals surface area (Å²) in [7, 11) is 0. The summed E-state index contributed by atoms with van der Waals surface area (Å²) in [5.74, 6) is 0. The van der Waals surface area contributed by atoms with Gasteiger partial charge < -0.3 is 0 Å². The number of pyridine rings is 1. The summed E-state index contributed by atoms with van der Waals surface area (Å²) >= 11 is 5.89. The molecule has 0 bridgehead atoms. The lowest BCUT2D eigenvalue weighted by Crippen LogP contribution is -2.08. The molecule has 0 aliphatic carbocycles. The molecule has 2 aromatic carbocycles. The van der Waals surface area contributed by atoms with Gasteiger partial charge in [0.1, 0.15) is 0 Å². The number of benzene rings is 2. The highest BCUT2D eigenvalue weighted by atomic mass is 35.5. The fraction of sp³-hybridized carbons (Fsp3) is 0.100. The van der Waals surface area contributed by atoms with E-state index in [0.29, 0.717) is 16.3 Å². The Morgan fingerprint density at radius 2 is 1.63 bits per heavy atom. The second kappa shape index (κ2) is 6.39. The van der Waals surface area contributed by atoms with Crippen molar-refractivity contribution in [2.24, 2.45) is 0 Å². The molecule has 0 amide bonds. The molecular formula is C20H13ClF3N3. The van der Waals surface area contributed by atoms with E-state index in [4.69, 9.17) is 11.6 Å². The highest BCUT2D eigenvalue weighted by Gasteiger charge is 2.35. The standard InChI is InChI=1S/C20H13ClF3N3/c1-12-18-16(20(22,23)24)11-17(13-7-9-14(21)10-8-13)25-19(18)27(26-12)15-5-3-2-4-6-15/h2-11H,1H3. The molecule has 0 spiro atoms. The maximum atomic E-state index is 13.8. The second-order valence-corrected chi connectivity index (χ2v) is 6.53. The van der Waals surface area contributed by atoms with Crippen LogP contribution in [0.1, 0.15) is 11.3 Å². The average molecular weight is 388 g/mol. The minimum Gasteiger partial charge on any atom is -0.228 e. The van der Waals surface area contributed by atoms with Crippen LogP contribution in [0.2, 0.25) is 5.02 Å². The molecule has 0 unspecified atom stereocenters. The van der Waals surface area contributed by atoms with E-state index in [2.05, 4.69) is 10.1 Å². The van der Waals surface area contributed by atoms with Crippen molar-refractivity contribution in [2.45, 2.75) is 13.1 Å². The van der Waals surface area contributed by atoms with Crippen molar-refractivity contribution in [1.82, 2.24) is 14.8 Å². The van der Waals surface area contributed by atoms with Crippen LogP contribution in [-0.2, 0) is 6.18 Å². The van der Waals surface area contributed by atoms with Gasteiger partial charge in [0.05, 0.1) is 28.0 Å². The number of nitrogens with zero attached hydrogens (tertiary/aromatic N) is 3. The number of halogens is 4. The van der Waals surface area contributed by atoms with E-state index in [-0.39, 0.29) is 22.4 Å². The van der Waals surface area contributed by atoms with Crippen molar-refractivity contribution in [3.8, 4) is 16.9 Å². The van der Waals surface area contributed by atoms with Crippen LogP contribution in [0.15, 0.2) is 60.7 Å². The van der Waals surface area contributed by atoms with Crippen LogP contribution in [0.5, 0.6) is 0 Å². The predicted molar refractivity (Wildman–Crippen MR) is 99.1 cm³/mol. The van der Waals surface area contributed by atoms with Gasteiger partial charge in [-0.15, -0.1) is 0 Å². The van der Waals surface area contributed by atoms with Crippen molar-refractivity contribution >= 4 is 22.6 Å². The Morgan fingerprint density at radius 3 is 2.26 bits per heavy atom. The Labute approximate surface area is 158 Å². The van der Waals surface area contributed by atoms with Gasteiger partial charge in [-0.2, -0.15) is 18.3 Å². The average Bonchev–Trinajstić information content (AvgIpc) is 2.98. The van der Waals surface area contributed by atoms with E-state index >= 15 is 0 Å². The summed E-state index contributed by atoms with van der Waals surface area (Å²) in [6.07, 6.45) is -4.53. The smallest absolute Gasteiger partial charge is 0.228 e. The van der Waals surface area contributed by atoms with Gasteiger partial charge in [0, 0.05) is 10.6 Å². The molecule has 2 aromatic heterocycles. The molecule has 0 aliphatic heterocycles. The summed E-state index contributed by atoms with van der Waals surface area (Å²) in [5.41, 5.74) is 1.09. The molecule has 0 fully saturated rings. The Kier molecular flexibility index (Phi) is 4.15. The lowest BCUT2D eigenvalue weighted by molar-refractivity contribution is -0.136. The third kappa shape index (κ3) is 3.17. The van der Waals surface area contributed by atoms with Crippen LogP contribution in [0.4, 0.5) is 13.2 Å². The van der Waals surface area contributed by atoms with Crippen molar-refractivity contribution in [2.75, 3.05) is 0 Å². The topological polar surface area (TPSA) is 30.7 Å². The summed E-state index contributed by atoms with van der Waals surface area (Å²) < 4.78 is 42.8. The Balaban J connectivity index is 2.06. The maximum absolute atomic E-state index is 13.8. The highest BCUT2D eigenvalue weighted by molar-refractivity contribution is 6.30. The first-order valence-corrected chi connectivity index (χ1v) is 8.51. The van der Waals surface area contributed by atoms with E-state index in [9.17, 15) is 13.2 Å². The molecule has 4 aromatic rings. The fourth-order valence-corrected chi connectivity index (χ4v) is 3.16. The Hall–Kier alpha value is -2.86. The monoisotopic (exact) mass is 387 g/mol. The first-order chi connectivity index (χ1) is 12.8. The number of hydrogen-bond acceptors (Lipinski definition) is 2. The fourth-order valence-electron chi connectivity index (χ4n) is 3.03. The van der Waals surface area contributed by atoms with Crippen LogP contribution in [0, 0.1) is 6.92 Å². The van der Waals surface area contributed by atoms with Crippen LogP contribution in [0.25, 0.3) is 28.0 Å². The number of hydrogen-bond donors (Lipinski definition) is 0. The first-order valence-electron chi connectivity index (χ1n) is 8.13. The SMILES string of the molecule is Cc1nn(-c2ccccc2)c2nc(-c3ccc(Cl)cc3)cc(C(F)(F)F)c12. The minimum atomic E-state index is -4.53. The van der Waals surface area contributed by atoms with E-state index in [1.54, 1.807) is 55.5 Å². The van der Waals surface area contributed by atoms with Crippen LogP contribution in [-0.4, -0.2) is 14.8 Å². The zero-order valence-corrected chi connectivity index (χ0v) is 14.9. The number of alkyl halides is 3. The van der Waals surface area contributed by atoms with E-state index < -0.39 is 11.7 Å². The van der Waals surface area contributed by atoms with E-state index in [1.165, 1.54) is 4.68 Å². The molecule has 27 heavy (non-hydrogen) atoms. The van der Waals surface area contributed by atoms with Crippen molar-refractivity contribution in [1.29, 1.82) is 0 Å². The van der Waals surface area contributed by atoms with Crippen LogP contribution >= 0.6 is 11.6 Å². The molecule has 7 heteroatoms. The molecule has 0 saturated carbocycles. The second-order valence-electron chi connectivity index (χ2n) is 6.09. The largest absolute Gasteiger partial charge is 0.417 e. The van der Waals surface area contributed by atoms with Gasteiger partial charge in [-0.3, -0.25) is 0 Å². The van der Waals surface area contributed by atoms with E-state index in [1.807, 2.05) is 6.07 Å². The molecule has 3 nitrogen and oxygen atoms in total. The predicted octanol–water partition coefficient (Wildman–Crippen LogP) is 6.07. The van der Waals surface area contributed by atoms with Gasteiger partial charge in [0.15, 0.2) is 5.65 Å².